The largest absolute Gasteiger partial charge is 0.406 e. The smallest absolute Gasteiger partial charge is 0.342 e. The number of nitrogens with zero attached hydrogens (tertiary/aromatic N) is 3. The van der Waals surface area contributed by atoms with Gasteiger partial charge >= 0.3 is 6.18 Å². The number of rotatable bonds is 11. The number of nitriles is 1. The van der Waals surface area contributed by atoms with Crippen molar-refractivity contribution in [3.05, 3.63) is 54.1 Å². The van der Waals surface area contributed by atoms with Crippen LogP contribution in [0.2, 0.25) is 0 Å². The highest BCUT2D eigenvalue weighted by molar-refractivity contribution is 5.82. The second kappa shape index (κ2) is 13.4. The molecular formula is C28H37F4N5O. The highest BCUT2D eigenvalue weighted by Gasteiger charge is 2.56. The minimum Gasteiger partial charge on any atom is -0.342 e. The summed E-state index contributed by atoms with van der Waals surface area (Å²) in [6.45, 7) is 4.73. The van der Waals surface area contributed by atoms with Crippen LogP contribution in [0.5, 0.6) is 0 Å². The molecule has 1 amide bonds. The zero-order valence-electron chi connectivity index (χ0n) is 22.0. The standard InChI is InChI=1S/C28H37F4N5O/c1-21(2)20-24(25(38)34-14-13-33)35-26(28(30,31)32)27(37-18-16-36(15-12-29)17-19-37)10-8-23(9-11-27)22-6-4-3-5-7-22/h3-10,21,24,26,35H,11-12,14-20H2,1-2H3,(H,34,38)/t24-,26?,27?/m0/s1. The molecule has 38 heavy (non-hydrogen) atoms. The fourth-order valence-corrected chi connectivity index (χ4v) is 5.32. The number of halogens is 4. The Bertz CT molecular complexity index is 1010. The van der Waals surface area contributed by atoms with Gasteiger partial charge in [-0.05, 0) is 29.9 Å². The summed E-state index contributed by atoms with van der Waals surface area (Å²) in [5.74, 6) is -0.682. The highest BCUT2D eigenvalue weighted by Crippen LogP contribution is 2.41. The maximum Gasteiger partial charge on any atom is 0.406 e. The van der Waals surface area contributed by atoms with Gasteiger partial charge in [0.25, 0.3) is 0 Å². The predicted octanol–water partition coefficient (Wildman–Crippen LogP) is 3.93. The van der Waals surface area contributed by atoms with E-state index in [0.29, 0.717) is 26.2 Å². The third kappa shape index (κ3) is 7.43. The average molecular weight is 536 g/mol. The molecule has 3 atom stereocenters. The van der Waals surface area contributed by atoms with Crippen molar-refractivity contribution in [3.63, 3.8) is 0 Å². The second-order valence-corrected chi connectivity index (χ2v) is 10.3. The van der Waals surface area contributed by atoms with Crippen LogP contribution in [0.1, 0.15) is 32.3 Å². The summed E-state index contributed by atoms with van der Waals surface area (Å²) in [6.07, 6.45) is 0.784. The third-order valence-corrected chi connectivity index (χ3v) is 7.23. The van der Waals surface area contributed by atoms with Crippen LogP contribution in [-0.4, -0.2) is 85.4 Å². The van der Waals surface area contributed by atoms with Crippen LogP contribution in [0.3, 0.4) is 0 Å². The molecule has 1 aromatic carbocycles. The first-order valence-corrected chi connectivity index (χ1v) is 13.1. The van der Waals surface area contributed by atoms with E-state index < -0.39 is 36.4 Å². The van der Waals surface area contributed by atoms with Gasteiger partial charge in [0.05, 0.1) is 17.6 Å². The number of piperazine rings is 1. The van der Waals surface area contributed by atoms with Gasteiger partial charge in [0.15, 0.2) is 0 Å². The number of benzene rings is 1. The topological polar surface area (TPSA) is 71.4 Å². The Kier molecular flexibility index (Phi) is 10.5. The Morgan fingerprint density at radius 3 is 2.37 bits per heavy atom. The van der Waals surface area contributed by atoms with Crippen molar-refractivity contribution in [1.29, 1.82) is 5.26 Å². The van der Waals surface area contributed by atoms with Gasteiger partial charge in [-0.2, -0.15) is 18.4 Å². The van der Waals surface area contributed by atoms with E-state index >= 15 is 0 Å². The molecule has 0 radical (unpaired) electrons. The van der Waals surface area contributed by atoms with E-state index in [0.717, 1.165) is 11.1 Å². The van der Waals surface area contributed by atoms with Crippen LogP contribution in [-0.2, 0) is 4.79 Å². The van der Waals surface area contributed by atoms with Crippen molar-refractivity contribution < 1.29 is 22.4 Å². The van der Waals surface area contributed by atoms with Crippen LogP contribution in [0.25, 0.3) is 5.57 Å². The van der Waals surface area contributed by atoms with E-state index in [1.165, 1.54) is 0 Å². The summed E-state index contributed by atoms with van der Waals surface area (Å²) in [4.78, 5) is 16.6. The lowest BCUT2D eigenvalue weighted by Gasteiger charge is -2.52. The molecule has 1 saturated heterocycles. The SMILES string of the molecule is CC(C)C[C@H](NC(C(F)(F)F)C1(N2CCN(CCF)CC2)C=CC(c2ccccc2)=CC1)C(=O)NCC#N. The third-order valence-electron chi connectivity index (χ3n) is 7.23. The summed E-state index contributed by atoms with van der Waals surface area (Å²) in [5, 5.41) is 14.0. The van der Waals surface area contributed by atoms with E-state index in [-0.39, 0.29) is 31.8 Å². The molecular weight excluding hydrogens is 498 g/mol. The monoisotopic (exact) mass is 535 g/mol. The maximum atomic E-state index is 14.9. The zero-order chi connectivity index (χ0) is 27.8. The maximum absolute atomic E-state index is 14.9. The predicted molar refractivity (Wildman–Crippen MR) is 140 cm³/mol. The van der Waals surface area contributed by atoms with Crippen LogP contribution >= 0.6 is 0 Å². The molecule has 1 aromatic rings. The molecule has 0 bridgehead atoms. The number of nitrogens with one attached hydrogen (secondary N) is 2. The molecule has 208 valence electrons. The number of hydrogen-bond acceptors (Lipinski definition) is 5. The molecule has 6 nitrogen and oxygen atoms in total. The second-order valence-electron chi connectivity index (χ2n) is 10.3. The Balaban J connectivity index is 1.99. The van der Waals surface area contributed by atoms with E-state index in [4.69, 9.17) is 5.26 Å². The van der Waals surface area contributed by atoms with Crippen LogP contribution in [0.4, 0.5) is 17.6 Å². The zero-order valence-corrected chi connectivity index (χ0v) is 22.0. The van der Waals surface area contributed by atoms with E-state index in [1.807, 2.05) is 66.1 Å². The van der Waals surface area contributed by atoms with Crippen molar-refractivity contribution in [2.75, 3.05) is 45.9 Å². The molecule has 2 N–H and O–H groups in total. The molecule has 1 aliphatic carbocycles. The Morgan fingerprint density at radius 2 is 1.84 bits per heavy atom. The summed E-state index contributed by atoms with van der Waals surface area (Å²) in [6, 6.07) is 8.10. The number of hydrogen-bond donors (Lipinski definition) is 2. The van der Waals surface area contributed by atoms with Gasteiger partial charge in [-0.15, -0.1) is 0 Å². The molecule has 1 fully saturated rings. The summed E-state index contributed by atoms with van der Waals surface area (Å²) in [7, 11) is 0. The molecule has 0 saturated carbocycles. The Hall–Kier alpha value is -2.74. The van der Waals surface area contributed by atoms with Crippen molar-refractivity contribution in [2.45, 2.75) is 50.5 Å². The lowest BCUT2D eigenvalue weighted by Crippen LogP contribution is -2.70. The van der Waals surface area contributed by atoms with Gasteiger partial charge in [0.2, 0.25) is 5.91 Å². The van der Waals surface area contributed by atoms with Crippen LogP contribution in [0.15, 0.2) is 48.6 Å². The first kappa shape index (κ1) is 29.8. The van der Waals surface area contributed by atoms with Gasteiger partial charge in [-0.25, -0.2) is 4.39 Å². The van der Waals surface area contributed by atoms with Crippen molar-refractivity contribution >= 4 is 11.5 Å². The average Bonchev–Trinajstić information content (AvgIpc) is 2.90. The molecule has 2 aliphatic rings. The first-order chi connectivity index (χ1) is 18.1. The molecule has 10 heteroatoms. The molecule has 0 aromatic heterocycles. The summed E-state index contributed by atoms with van der Waals surface area (Å²) >= 11 is 0. The van der Waals surface area contributed by atoms with Gasteiger partial charge in [0, 0.05) is 32.7 Å². The van der Waals surface area contributed by atoms with Gasteiger partial charge in [-0.3, -0.25) is 19.9 Å². The molecule has 1 aliphatic heterocycles. The lowest BCUT2D eigenvalue weighted by atomic mass is 9.78. The fraction of sp³-hybridized carbons (Fsp3) is 0.571. The number of allylic oxidation sites excluding steroid dienone is 2. The van der Waals surface area contributed by atoms with Crippen molar-refractivity contribution in [2.24, 2.45) is 5.92 Å². The Labute approximate surface area is 222 Å². The minimum absolute atomic E-state index is 0.0547. The van der Waals surface area contributed by atoms with E-state index in [2.05, 4.69) is 10.6 Å². The molecule has 3 rings (SSSR count). The minimum atomic E-state index is -4.68. The van der Waals surface area contributed by atoms with Crippen molar-refractivity contribution in [1.82, 2.24) is 20.4 Å². The fourth-order valence-electron chi connectivity index (χ4n) is 5.32. The summed E-state index contributed by atoms with van der Waals surface area (Å²) < 4.78 is 57.8. The molecule has 0 spiro atoms. The van der Waals surface area contributed by atoms with Crippen molar-refractivity contribution in [3.8, 4) is 6.07 Å². The first-order valence-electron chi connectivity index (χ1n) is 13.1. The van der Waals surface area contributed by atoms with Crippen LogP contribution < -0.4 is 10.6 Å². The number of carbonyl (C=O) groups is 1. The van der Waals surface area contributed by atoms with Gasteiger partial charge < -0.3 is 5.32 Å². The normalized spacial score (nSPS) is 22.5. The Morgan fingerprint density at radius 1 is 1.16 bits per heavy atom. The number of alkyl halides is 4. The quantitative estimate of drug-likeness (QED) is 0.332. The number of carbonyl (C=O) groups excluding carboxylic acids is 1. The number of amides is 1. The molecule has 1 heterocycles. The van der Waals surface area contributed by atoms with E-state index in [9.17, 15) is 22.4 Å². The van der Waals surface area contributed by atoms with Gasteiger partial charge in [-0.1, -0.05) is 62.4 Å². The summed E-state index contributed by atoms with van der Waals surface area (Å²) in [5.41, 5.74) is 0.266. The highest BCUT2D eigenvalue weighted by atomic mass is 19.4. The van der Waals surface area contributed by atoms with Crippen LogP contribution in [0, 0.1) is 17.2 Å². The van der Waals surface area contributed by atoms with Gasteiger partial charge in [0.1, 0.15) is 19.3 Å². The van der Waals surface area contributed by atoms with E-state index in [1.54, 1.807) is 12.2 Å². The molecule has 2 unspecified atom stereocenters. The lowest BCUT2D eigenvalue weighted by molar-refractivity contribution is -0.186.